The van der Waals surface area contributed by atoms with Gasteiger partial charge < -0.3 is 9.64 Å². The van der Waals surface area contributed by atoms with E-state index in [4.69, 9.17) is 16.3 Å². The van der Waals surface area contributed by atoms with Crippen LogP contribution in [0.1, 0.15) is 5.56 Å². The summed E-state index contributed by atoms with van der Waals surface area (Å²) >= 11 is 5.76. The lowest BCUT2D eigenvalue weighted by molar-refractivity contribution is -0.384. The number of nitro benzene ring substituents is 1. The first-order valence-electron chi connectivity index (χ1n) is 7.53. The summed E-state index contributed by atoms with van der Waals surface area (Å²) in [5.74, 6) is 0.0408. The van der Waals surface area contributed by atoms with Gasteiger partial charge in [0.05, 0.1) is 11.1 Å². The molecule has 9 heteroatoms. The number of nitrogens with one attached hydrogen (secondary N) is 1. The minimum absolute atomic E-state index is 0.0450. The Morgan fingerprint density at radius 3 is 2.62 bits per heavy atom. The lowest BCUT2D eigenvalue weighted by Gasteiger charge is -2.12. The molecule has 0 aliphatic heterocycles. The van der Waals surface area contributed by atoms with Crippen LogP contribution in [-0.2, 0) is 4.79 Å². The van der Waals surface area contributed by atoms with E-state index < -0.39 is 10.8 Å². The van der Waals surface area contributed by atoms with Crippen molar-refractivity contribution in [1.82, 2.24) is 5.43 Å². The Bertz CT molecular complexity index is 822. The Balaban J connectivity index is 1.93. The fourth-order valence-electron chi connectivity index (χ4n) is 2.04. The zero-order valence-corrected chi connectivity index (χ0v) is 14.9. The standard InChI is InChI=1S/C17H17ClN4O4/c1-21(2)15-8-3-12(9-16(15)22(24)25)10-19-20-17(23)11-26-14-6-4-13(18)5-7-14/h3-10H,11H2,1-2H3,(H,20,23)/b19-10-. The maximum absolute atomic E-state index is 11.7. The van der Waals surface area contributed by atoms with Crippen LogP contribution in [0.25, 0.3) is 0 Å². The lowest BCUT2D eigenvalue weighted by atomic mass is 10.2. The van der Waals surface area contributed by atoms with Gasteiger partial charge in [0.2, 0.25) is 0 Å². The number of rotatable bonds is 7. The number of hydrazone groups is 1. The van der Waals surface area contributed by atoms with Gasteiger partial charge in [0.15, 0.2) is 6.61 Å². The van der Waals surface area contributed by atoms with Gasteiger partial charge in [-0.1, -0.05) is 17.7 Å². The van der Waals surface area contributed by atoms with Gasteiger partial charge >= 0.3 is 0 Å². The van der Waals surface area contributed by atoms with Gasteiger partial charge in [-0.15, -0.1) is 0 Å². The predicted octanol–water partition coefficient (Wildman–Crippen LogP) is 2.84. The molecule has 8 nitrogen and oxygen atoms in total. The van der Waals surface area contributed by atoms with Gasteiger partial charge in [0, 0.05) is 30.7 Å². The van der Waals surface area contributed by atoms with Crippen LogP contribution in [0.15, 0.2) is 47.6 Å². The summed E-state index contributed by atoms with van der Waals surface area (Å²) in [6.45, 7) is -0.224. The third kappa shape index (κ3) is 5.45. The molecule has 0 bridgehead atoms. The first kappa shape index (κ1) is 19.2. The first-order chi connectivity index (χ1) is 12.4. The largest absolute Gasteiger partial charge is 0.484 e. The van der Waals surface area contributed by atoms with E-state index in [1.807, 2.05) is 0 Å². The summed E-state index contributed by atoms with van der Waals surface area (Å²) in [4.78, 5) is 24.0. The van der Waals surface area contributed by atoms with Crippen molar-refractivity contribution in [2.24, 2.45) is 5.10 Å². The topological polar surface area (TPSA) is 97.1 Å². The highest BCUT2D eigenvalue weighted by Gasteiger charge is 2.15. The molecule has 0 radical (unpaired) electrons. The number of hydrogen-bond acceptors (Lipinski definition) is 6. The molecular formula is C17H17ClN4O4. The summed E-state index contributed by atoms with van der Waals surface area (Å²) in [6, 6.07) is 11.3. The number of carbonyl (C=O) groups is 1. The normalized spacial score (nSPS) is 10.6. The van der Waals surface area contributed by atoms with Crippen LogP contribution >= 0.6 is 11.6 Å². The molecule has 26 heavy (non-hydrogen) atoms. The van der Waals surface area contributed by atoms with Gasteiger partial charge in [0.1, 0.15) is 11.4 Å². The average molecular weight is 377 g/mol. The van der Waals surface area contributed by atoms with Crippen LogP contribution in [0.3, 0.4) is 0 Å². The molecule has 0 aliphatic carbocycles. The second-order valence-corrected chi connectivity index (χ2v) is 5.87. The average Bonchev–Trinajstić information content (AvgIpc) is 2.61. The number of hydrogen-bond donors (Lipinski definition) is 1. The number of ether oxygens (including phenoxy) is 1. The van der Waals surface area contributed by atoms with Gasteiger partial charge in [-0.3, -0.25) is 14.9 Å². The Kier molecular flexibility index (Phi) is 6.51. The van der Waals surface area contributed by atoms with Crippen molar-refractivity contribution in [2.75, 3.05) is 25.6 Å². The lowest BCUT2D eigenvalue weighted by Crippen LogP contribution is -2.24. The highest BCUT2D eigenvalue weighted by atomic mass is 35.5. The second-order valence-electron chi connectivity index (χ2n) is 5.44. The van der Waals surface area contributed by atoms with Gasteiger partial charge in [-0.25, -0.2) is 5.43 Å². The van der Waals surface area contributed by atoms with Crippen LogP contribution in [0.4, 0.5) is 11.4 Å². The monoisotopic (exact) mass is 376 g/mol. The van der Waals surface area contributed by atoms with Crippen molar-refractivity contribution < 1.29 is 14.5 Å². The first-order valence-corrected chi connectivity index (χ1v) is 7.90. The highest BCUT2D eigenvalue weighted by molar-refractivity contribution is 6.30. The van der Waals surface area contributed by atoms with E-state index in [2.05, 4.69) is 10.5 Å². The Labute approximate surface area is 155 Å². The van der Waals surface area contributed by atoms with Crippen LogP contribution < -0.4 is 15.1 Å². The zero-order chi connectivity index (χ0) is 19.1. The predicted molar refractivity (Wildman–Crippen MR) is 100 cm³/mol. The van der Waals surface area contributed by atoms with Crippen molar-refractivity contribution in [2.45, 2.75) is 0 Å². The Hall–Kier alpha value is -3.13. The molecule has 0 saturated heterocycles. The maximum atomic E-state index is 11.7. The van der Waals surface area contributed by atoms with E-state index in [9.17, 15) is 14.9 Å². The van der Waals surface area contributed by atoms with Gasteiger partial charge in [-0.05, 0) is 30.3 Å². The third-order valence-electron chi connectivity index (χ3n) is 3.26. The van der Waals surface area contributed by atoms with E-state index in [0.29, 0.717) is 22.0 Å². The SMILES string of the molecule is CN(C)c1ccc(/C=N\NC(=O)COc2ccc(Cl)cc2)cc1[N+](=O)[O-]. The molecule has 136 valence electrons. The molecule has 0 atom stereocenters. The molecule has 1 amide bonds. The minimum atomic E-state index is -0.467. The van der Waals surface area contributed by atoms with E-state index in [-0.39, 0.29) is 12.3 Å². The number of halogens is 1. The number of benzene rings is 2. The van der Waals surface area contributed by atoms with Gasteiger partial charge in [-0.2, -0.15) is 5.10 Å². The van der Waals surface area contributed by atoms with Crippen LogP contribution in [0, 0.1) is 10.1 Å². The molecule has 2 rings (SSSR count). The van der Waals surface area contributed by atoms with Crippen LogP contribution in [0.2, 0.25) is 5.02 Å². The molecule has 2 aromatic carbocycles. The van der Waals surface area contributed by atoms with E-state index in [1.165, 1.54) is 12.3 Å². The quantitative estimate of drug-likeness (QED) is 0.455. The van der Waals surface area contributed by atoms with E-state index in [0.717, 1.165) is 0 Å². The number of nitrogens with zero attached hydrogens (tertiary/aromatic N) is 3. The smallest absolute Gasteiger partial charge is 0.293 e. The number of anilines is 1. The van der Waals surface area contributed by atoms with Crippen molar-refractivity contribution in [1.29, 1.82) is 0 Å². The molecule has 2 aromatic rings. The zero-order valence-electron chi connectivity index (χ0n) is 14.2. The molecule has 0 heterocycles. The molecular weight excluding hydrogens is 360 g/mol. The summed E-state index contributed by atoms with van der Waals surface area (Å²) < 4.78 is 5.28. The fourth-order valence-corrected chi connectivity index (χ4v) is 2.16. The Morgan fingerprint density at radius 1 is 1.31 bits per heavy atom. The number of carbonyl (C=O) groups excluding carboxylic acids is 1. The second kappa shape index (κ2) is 8.82. The van der Waals surface area contributed by atoms with E-state index >= 15 is 0 Å². The van der Waals surface area contributed by atoms with Crippen LogP contribution in [0.5, 0.6) is 5.75 Å². The summed E-state index contributed by atoms with van der Waals surface area (Å²) in [5, 5.41) is 15.5. The van der Waals surface area contributed by atoms with E-state index in [1.54, 1.807) is 55.4 Å². The number of nitro groups is 1. The van der Waals surface area contributed by atoms with Crippen molar-refractivity contribution >= 4 is 35.1 Å². The molecule has 0 aromatic heterocycles. The molecule has 0 spiro atoms. The maximum Gasteiger partial charge on any atom is 0.293 e. The van der Waals surface area contributed by atoms with Crippen molar-refractivity contribution in [3.8, 4) is 5.75 Å². The summed E-state index contributed by atoms with van der Waals surface area (Å²) in [5.41, 5.74) is 3.22. The number of amides is 1. The Morgan fingerprint density at radius 2 is 2.00 bits per heavy atom. The minimum Gasteiger partial charge on any atom is -0.484 e. The third-order valence-corrected chi connectivity index (χ3v) is 3.52. The van der Waals surface area contributed by atoms with Crippen molar-refractivity contribution in [3.63, 3.8) is 0 Å². The molecule has 0 aliphatic rings. The molecule has 1 N–H and O–H groups in total. The highest BCUT2D eigenvalue weighted by Crippen LogP contribution is 2.27. The summed E-state index contributed by atoms with van der Waals surface area (Å²) in [6.07, 6.45) is 1.33. The van der Waals surface area contributed by atoms with Gasteiger partial charge in [0.25, 0.3) is 11.6 Å². The van der Waals surface area contributed by atoms with Crippen LogP contribution in [-0.4, -0.2) is 37.7 Å². The van der Waals surface area contributed by atoms with Crippen molar-refractivity contribution in [3.05, 3.63) is 63.2 Å². The summed E-state index contributed by atoms with van der Waals surface area (Å²) in [7, 11) is 3.44. The molecule has 0 unspecified atom stereocenters. The fraction of sp³-hybridized carbons (Fsp3) is 0.176. The molecule has 0 fully saturated rings. The molecule has 0 saturated carbocycles.